The van der Waals surface area contributed by atoms with Gasteiger partial charge in [0.25, 0.3) is 0 Å². The van der Waals surface area contributed by atoms with E-state index in [0.717, 1.165) is 38.8 Å². The Hall–Kier alpha value is -0.280. The van der Waals surface area contributed by atoms with Gasteiger partial charge in [-0.15, -0.1) is 11.6 Å². The second-order valence-corrected chi connectivity index (χ2v) is 5.55. The molecule has 0 aromatic heterocycles. The van der Waals surface area contributed by atoms with Crippen LogP contribution < -0.4 is 5.32 Å². The van der Waals surface area contributed by atoms with Gasteiger partial charge < -0.3 is 10.1 Å². The summed E-state index contributed by atoms with van der Waals surface area (Å²) >= 11 is 5.73. The lowest BCUT2D eigenvalue weighted by atomic mass is 9.80. The standard InChI is InChI=1S/C14H26ClNO2/c1-3-11(5-6-15)10-16-14(17)9-12-7-13(8-12)18-4-2/h11-13H,3-10H2,1-2H3,(H,16,17). The summed E-state index contributed by atoms with van der Waals surface area (Å²) in [5.74, 6) is 1.90. The van der Waals surface area contributed by atoms with Gasteiger partial charge in [0.1, 0.15) is 0 Å². The summed E-state index contributed by atoms with van der Waals surface area (Å²) in [6.07, 6.45) is 5.19. The predicted octanol–water partition coefficient (Wildman–Crippen LogP) is 2.96. The molecule has 1 atom stereocenters. The third-order valence-electron chi connectivity index (χ3n) is 3.75. The first-order valence-corrected chi connectivity index (χ1v) is 7.67. The van der Waals surface area contributed by atoms with Crippen LogP contribution >= 0.6 is 11.6 Å². The van der Waals surface area contributed by atoms with Crippen LogP contribution in [-0.2, 0) is 9.53 Å². The summed E-state index contributed by atoms with van der Waals surface area (Å²) in [7, 11) is 0. The number of amides is 1. The van der Waals surface area contributed by atoms with Gasteiger partial charge in [0.05, 0.1) is 6.10 Å². The summed E-state index contributed by atoms with van der Waals surface area (Å²) in [5.41, 5.74) is 0. The van der Waals surface area contributed by atoms with Crippen molar-refractivity contribution in [1.82, 2.24) is 5.32 Å². The van der Waals surface area contributed by atoms with Gasteiger partial charge in [-0.1, -0.05) is 13.3 Å². The molecular weight excluding hydrogens is 250 g/mol. The minimum atomic E-state index is 0.183. The lowest BCUT2D eigenvalue weighted by molar-refractivity contribution is -0.124. The van der Waals surface area contributed by atoms with Crippen molar-refractivity contribution in [3.05, 3.63) is 0 Å². The molecule has 3 nitrogen and oxygen atoms in total. The van der Waals surface area contributed by atoms with Crippen molar-refractivity contribution in [3.8, 4) is 0 Å². The van der Waals surface area contributed by atoms with Crippen molar-refractivity contribution in [3.63, 3.8) is 0 Å². The molecule has 1 N–H and O–H groups in total. The lowest BCUT2D eigenvalue weighted by Crippen LogP contribution is -2.37. The van der Waals surface area contributed by atoms with Gasteiger partial charge in [-0.3, -0.25) is 4.79 Å². The van der Waals surface area contributed by atoms with Crippen LogP contribution in [0.5, 0.6) is 0 Å². The number of halogens is 1. The zero-order valence-electron chi connectivity index (χ0n) is 11.6. The highest BCUT2D eigenvalue weighted by Gasteiger charge is 2.30. The predicted molar refractivity (Wildman–Crippen MR) is 74.9 cm³/mol. The van der Waals surface area contributed by atoms with Gasteiger partial charge in [0, 0.05) is 25.5 Å². The fourth-order valence-corrected chi connectivity index (χ4v) is 2.72. The number of hydrogen-bond donors (Lipinski definition) is 1. The molecule has 0 aromatic carbocycles. The van der Waals surface area contributed by atoms with Crippen LogP contribution in [0.4, 0.5) is 0 Å². The quantitative estimate of drug-likeness (QED) is 0.657. The fraction of sp³-hybridized carbons (Fsp3) is 0.929. The smallest absolute Gasteiger partial charge is 0.220 e. The van der Waals surface area contributed by atoms with Crippen LogP contribution in [0.1, 0.15) is 46.0 Å². The van der Waals surface area contributed by atoms with Gasteiger partial charge in [-0.05, 0) is 38.0 Å². The number of rotatable bonds is 9. The molecule has 1 saturated carbocycles. The second kappa shape index (κ2) is 8.76. The van der Waals surface area contributed by atoms with E-state index in [1.165, 1.54) is 0 Å². The van der Waals surface area contributed by atoms with E-state index in [2.05, 4.69) is 12.2 Å². The number of ether oxygens (including phenoxy) is 1. The summed E-state index contributed by atoms with van der Waals surface area (Å²) in [6.45, 7) is 5.70. The molecule has 106 valence electrons. The van der Waals surface area contributed by atoms with Crippen molar-refractivity contribution < 1.29 is 9.53 Å². The largest absolute Gasteiger partial charge is 0.378 e. The van der Waals surface area contributed by atoms with Crippen LogP contribution in [0.2, 0.25) is 0 Å². The normalized spacial score (nSPS) is 24.4. The molecule has 0 radical (unpaired) electrons. The Morgan fingerprint density at radius 1 is 1.44 bits per heavy atom. The highest BCUT2D eigenvalue weighted by molar-refractivity contribution is 6.17. The molecule has 0 spiro atoms. The molecule has 1 fully saturated rings. The molecule has 1 amide bonds. The zero-order valence-corrected chi connectivity index (χ0v) is 12.3. The molecule has 0 aromatic rings. The highest BCUT2D eigenvalue weighted by Crippen LogP contribution is 2.32. The first kappa shape index (κ1) is 15.8. The molecule has 0 aliphatic heterocycles. The van der Waals surface area contributed by atoms with Gasteiger partial charge >= 0.3 is 0 Å². The van der Waals surface area contributed by atoms with E-state index in [0.29, 0.717) is 30.2 Å². The van der Waals surface area contributed by atoms with Crippen LogP contribution in [-0.4, -0.2) is 31.0 Å². The number of carbonyl (C=O) groups excluding carboxylic acids is 1. The molecule has 1 aliphatic rings. The van der Waals surface area contributed by atoms with E-state index in [1.807, 2.05) is 6.92 Å². The average molecular weight is 276 g/mol. The number of nitrogens with one attached hydrogen (secondary N) is 1. The maximum absolute atomic E-state index is 11.8. The number of carbonyl (C=O) groups is 1. The Morgan fingerprint density at radius 2 is 2.17 bits per heavy atom. The van der Waals surface area contributed by atoms with Gasteiger partial charge in [0.2, 0.25) is 5.91 Å². The van der Waals surface area contributed by atoms with Gasteiger partial charge in [-0.2, -0.15) is 0 Å². The van der Waals surface area contributed by atoms with Crippen LogP contribution in [0, 0.1) is 11.8 Å². The molecular formula is C14H26ClNO2. The molecule has 18 heavy (non-hydrogen) atoms. The summed E-state index contributed by atoms with van der Waals surface area (Å²) in [5, 5.41) is 3.03. The molecule has 4 heteroatoms. The monoisotopic (exact) mass is 275 g/mol. The number of hydrogen-bond acceptors (Lipinski definition) is 2. The van der Waals surface area contributed by atoms with Crippen LogP contribution in [0.3, 0.4) is 0 Å². The molecule has 0 heterocycles. The van der Waals surface area contributed by atoms with Gasteiger partial charge in [-0.25, -0.2) is 0 Å². The van der Waals surface area contributed by atoms with E-state index < -0.39 is 0 Å². The first-order chi connectivity index (χ1) is 8.69. The van der Waals surface area contributed by atoms with E-state index in [9.17, 15) is 4.79 Å². The van der Waals surface area contributed by atoms with Crippen LogP contribution in [0.15, 0.2) is 0 Å². The molecule has 1 aliphatic carbocycles. The topological polar surface area (TPSA) is 38.3 Å². The SMILES string of the molecule is CCOC1CC(CC(=O)NCC(CC)CCCl)C1. The number of alkyl halides is 1. The van der Waals surface area contributed by atoms with E-state index in [-0.39, 0.29) is 5.91 Å². The third kappa shape index (κ3) is 5.57. The van der Waals surface area contributed by atoms with Crippen molar-refractivity contribution >= 4 is 17.5 Å². The van der Waals surface area contributed by atoms with Gasteiger partial charge in [0.15, 0.2) is 0 Å². The minimum absolute atomic E-state index is 0.183. The maximum Gasteiger partial charge on any atom is 0.220 e. The highest BCUT2D eigenvalue weighted by atomic mass is 35.5. The van der Waals surface area contributed by atoms with E-state index in [4.69, 9.17) is 16.3 Å². The Bertz CT molecular complexity index is 242. The Balaban J connectivity index is 2.07. The Morgan fingerprint density at radius 3 is 2.72 bits per heavy atom. The lowest BCUT2D eigenvalue weighted by Gasteiger charge is -2.34. The van der Waals surface area contributed by atoms with E-state index in [1.54, 1.807) is 0 Å². The Labute approximate surface area is 116 Å². The zero-order chi connectivity index (χ0) is 13.4. The third-order valence-corrected chi connectivity index (χ3v) is 3.97. The first-order valence-electron chi connectivity index (χ1n) is 7.13. The second-order valence-electron chi connectivity index (χ2n) is 5.17. The maximum atomic E-state index is 11.8. The van der Waals surface area contributed by atoms with Crippen LogP contribution in [0.25, 0.3) is 0 Å². The van der Waals surface area contributed by atoms with Crippen molar-refractivity contribution in [1.29, 1.82) is 0 Å². The van der Waals surface area contributed by atoms with Crippen molar-refractivity contribution in [2.24, 2.45) is 11.8 Å². The summed E-state index contributed by atoms with van der Waals surface area (Å²) < 4.78 is 5.49. The van der Waals surface area contributed by atoms with Crippen molar-refractivity contribution in [2.75, 3.05) is 19.0 Å². The summed E-state index contributed by atoms with van der Waals surface area (Å²) in [4.78, 5) is 11.8. The molecule has 0 bridgehead atoms. The average Bonchev–Trinajstić information content (AvgIpc) is 2.32. The van der Waals surface area contributed by atoms with E-state index >= 15 is 0 Å². The Kier molecular flexibility index (Phi) is 7.68. The molecule has 0 saturated heterocycles. The fourth-order valence-electron chi connectivity index (χ4n) is 2.41. The molecule has 1 rings (SSSR count). The molecule has 1 unspecified atom stereocenters. The minimum Gasteiger partial charge on any atom is -0.378 e. The van der Waals surface area contributed by atoms with Crippen molar-refractivity contribution in [2.45, 2.75) is 52.1 Å². The summed E-state index contributed by atoms with van der Waals surface area (Å²) in [6, 6.07) is 0.